The zero-order valence-corrected chi connectivity index (χ0v) is 24.1. The number of rotatable bonds is 16. The lowest BCUT2D eigenvalue weighted by molar-refractivity contribution is -0.128. The van der Waals surface area contributed by atoms with Crippen molar-refractivity contribution in [2.75, 3.05) is 60.2 Å². The van der Waals surface area contributed by atoms with Gasteiger partial charge in [-0.05, 0) is 69.0 Å². The maximum absolute atomic E-state index is 13.6. The van der Waals surface area contributed by atoms with Gasteiger partial charge in [-0.25, -0.2) is 0 Å². The number of carbonyl (C=O) groups is 2. The van der Waals surface area contributed by atoms with Crippen molar-refractivity contribution in [1.29, 1.82) is 0 Å². The van der Waals surface area contributed by atoms with Gasteiger partial charge >= 0.3 is 0 Å². The Balaban J connectivity index is 1.58. The van der Waals surface area contributed by atoms with Gasteiger partial charge in [0.15, 0.2) is 5.78 Å². The third-order valence-electron chi connectivity index (χ3n) is 7.32. The van der Waals surface area contributed by atoms with E-state index in [1.807, 2.05) is 60.4 Å². The SMILES string of the molecule is COCCCOc1cc(C(=O)N(C[C@@H]2CNC[C@H]2CNCC(=O)[C@@H](OC)c2ccccc2)C(C)C)ccc1C. The molecular formula is C31H45N3O5. The summed E-state index contributed by atoms with van der Waals surface area (Å²) in [5.74, 6) is 1.33. The van der Waals surface area contributed by atoms with Crippen molar-refractivity contribution in [3.8, 4) is 5.75 Å². The minimum atomic E-state index is -0.575. The molecule has 1 saturated heterocycles. The maximum atomic E-state index is 13.6. The molecule has 2 N–H and O–H groups in total. The molecule has 8 nitrogen and oxygen atoms in total. The number of hydrogen-bond donors (Lipinski definition) is 2. The Morgan fingerprint density at radius 2 is 1.79 bits per heavy atom. The van der Waals surface area contributed by atoms with Gasteiger partial charge < -0.3 is 29.7 Å². The molecular weight excluding hydrogens is 494 g/mol. The van der Waals surface area contributed by atoms with Crippen LogP contribution in [0.1, 0.15) is 47.9 Å². The number of ether oxygens (including phenoxy) is 3. The van der Waals surface area contributed by atoms with Gasteiger partial charge in [-0.3, -0.25) is 9.59 Å². The predicted molar refractivity (Wildman–Crippen MR) is 153 cm³/mol. The number of nitrogens with one attached hydrogen (secondary N) is 2. The van der Waals surface area contributed by atoms with E-state index >= 15 is 0 Å². The van der Waals surface area contributed by atoms with Gasteiger partial charge in [-0.15, -0.1) is 0 Å². The molecule has 2 aromatic carbocycles. The second kappa shape index (κ2) is 15.7. The van der Waals surface area contributed by atoms with E-state index in [1.165, 1.54) is 0 Å². The summed E-state index contributed by atoms with van der Waals surface area (Å²) in [5, 5.41) is 6.82. The zero-order valence-electron chi connectivity index (χ0n) is 24.1. The Morgan fingerprint density at radius 1 is 1.05 bits per heavy atom. The van der Waals surface area contributed by atoms with Gasteiger partial charge in [-0.2, -0.15) is 0 Å². The summed E-state index contributed by atoms with van der Waals surface area (Å²) in [6, 6.07) is 15.3. The number of amides is 1. The predicted octanol–water partition coefficient (Wildman–Crippen LogP) is 3.64. The van der Waals surface area contributed by atoms with E-state index in [-0.39, 0.29) is 30.2 Å². The fraction of sp³-hybridized carbons (Fsp3) is 0.548. The van der Waals surface area contributed by atoms with Crippen LogP contribution in [0.2, 0.25) is 0 Å². The molecule has 3 atom stereocenters. The van der Waals surface area contributed by atoms with E-state index in [4.69, 9.17) is 14.2 Å². The number of carbonyl (C=O) groups excluding carboxylic acids is 2. The summed E-state index contributed by atoms with van der Waals surface area (Å²) < 4.78 is 16.5. The molecule has 0 saturated carbocycles. The molecule has 1 heterocycles. The van der Waals surface area contributed by atoms with Gasteiger partial charge in [0.05, 0.1) is 13.2 Å². The standard InChI is InChI=1S/C31H45N3O5/c1-22(2)34(31(36)25-13-12-23(3)29(16-25)39-15-9-14-37-4)21-27-19-32-17-26(27)18-33-20-28(35)30(38-5)24-10-7-6-8-11-24/h6-8,10-13,16,22,26-27,30,32-33H,9,14-15,17-21H2,1-5H3/t26-,27-,30-/m0/s1. The molecule has 39 heavy (non-hydrogen) atoms. The average Bonchev–Trinajstić information content (AvgIpc) is 3.38. The van der Waals surface area contributed by atoms with Crippen LogP contribution in [0, 0.1) is 18.8 Å². The van der Waals surface area contributed by atoms with Gasteiger partial charge in [0.2, 0.25) is 0 Å². The fourth-order valence-corrected chi connectivity index (χ4v) is 5.02. The van der Waals surface area contributed by atoms with Gasteiger partial charge in [-0.1, -0.05) is 36.4 Å². The third-order valence-corrected chi connectivity index (χ3v) is 7.32. The minimum absolute atomic E-state index is 0.00445. The lowest BCUT2D eigenvalue weighted by Crippen LogP contribution is -2.43. The first kappa shape index (κ1) is 30.8. The number of ketones is 1. The lowest BCUT2D eigenvalue weighted by Gasteiger charge is -2.32. The van der Waals surface area contributed by atoms with Crippen LogP contribution in [-0.2, 0) is 14.3 Å². The van der Waals surface area contributed by atoms with Crippen molar-refractivity contribution in [1.82, 2.24) is 15.5 Å². The number of Topliss-reactive ketones (excluding diaryl/α,β-unsaturated/α-hetero) is 1. The molecule has 1 amide bonds. The largest absolute Gasteiger partial charge is 0.493 e. The van der Waals surface area contributed by atoms with Crippen LogP contribution in [0.4, 0.5) is 0 Å². The Hall–Kier alpha value is -2.78. The molecule has 8 heteroatoms. The summed E-state index contributed by atoms with van der Waals surface area (Å²) in [6.07, 6.45) is 0.217. The number of nitrogens with zero attached hydrogens (tertiary/aromatic N) is 1. The highest BCUT2D eigenvalue weighted by Crippen LogP contribution is 2.24. The number of methoxy groups -OCH3 is 2. The van der Waals surface area contributed by atoms with Crippen molar-refractivity contribution >= 4 is 11.7 Å². The Bertz CT molecular complexity index is 1050. The molecule has 2 aromatic rings. The van der Waals surface area contributed by atoms with Crippen LogP contribution in [0.3, 0.4) is 0 Å². The van der Waals surface area contributed by atoms with Crippen molar-refractivity contribution in [2.24, 2.45) is 11.8 Å². The first-order valence-electron chi connectivity index (χ1n) is 13.9. The highest BCUT2D eigenvalue weighted by molar-refractivity contribution is 5.95. The van der Waals surface area contributed by atoms with Crippen molar-refractivity contribution in [3.63, 3.8) is 0 Å². The van der Waals surface area contributed by atoms with Crippen LogP contribution in [0.15, 0.2) is 48.5 Å². The molecule has 0 aliphatic carbocycles. The second-order valence-electron chi connectivity index (χ2n) is 10.5. The Labute approximate surface area is 233 Å². The molecule has 0 spiro atoms. The first-order valence-corrected chi connectivity index (χ1v) is 13.9. The Morgan fingerprint density at radius 3 is 2.49 bits per heavy atom. The number of aryl methyl sites for hydroxylation is 1. The smallest absolute Gasteiger partial charge is 0.254 e. The van der Waals surface area contributed by atoms with Crippen molar-refractivity contribution < 1.29 is 23.8 Å². The summed E-state index contributed by atoms with van der Waals surface area (Å²) in [5.41, 5.74) is 2.50. The van der Waals surface area contributed by atoms with E-state index in [0.717, 1.165) is 36.4 Å². The molecule has 214 valence electrons. The molecule has 0 unspecified atom stereocenters. The number of hydrogen-bond acceptors (Lipinski definition) is 7. The summed E-state index contributed by atoms with van der Waals surface area (Å²) in [4.78, 5) is 28.4. The summed E-state index contributed by atoms with van der Waals surface area (Å²) in [6.45, 7) is 10.5. The molecule has 1 aliphatic rings. The first-order chi connectivity index (χ1) is 18.8. The van der Waals surface area contributed by atoms with Crippen LogP contribution in [0.5, 0.6) is 5.75 Å². The zero-order chi connectivity index (χ0) is 28.2. The van der Waals surface area contributed by atoms with E-state index in [0.29, 0.717) is 37.8 Å². The quantitative estimate of drug-likeness (QED) is 0.315. The van der Waals surface area contributed by atoms with Gasteiger partial charge in [0.1, 0.15) is 11.9 Å². The van der Waals surface area contributed by atoms with Crippen LogP contribution in [0.25, 0.3) is 0 Å². The van der Waals surface area contributed by atoms with Crippen molar-refractivity contribution in [3.05, 3.63) is 65.2 Å². The maximum Gasteiger partial charge on any atom is 0.254 e. The van der Waals surface area contributed by atoms with Crippen LogP contribution >= 0.6 is 0 Å². The third kappa shape index (κ3) is 8.86. The van der Waals surface area contributed by atoms with Crippen LogP contribution < -0.4 is 15.4 Å². The fourth-order valence-electron chi connectivity index (χ4n) is 5.02. The highest BCUT2D eigenvalue weighted by atomic mass is 16.5. The molecule has 0 radical (unpaired) electrons. The van der Waals surface area contributed by atoms with E-state index < -0.39 is 6.10 Å². The lowest BCUT2D eigenvalue weighted by atomic mass is 9.94. The molecule has 0 bridgehead atoms. The Kier molecular flexibility index (Phi) is 12.4. The van der Waals surface area contributed by atoms with Gasteiger partial charge in [0, 0.05) is 51.9 Å². The molecule has 1 fully saturated rings. The highest BCUT2D eigenvalue weighted by Gasteiger charge is 2.32. The normalized spacial score (nSPS) is 17.8. The summed E-state index contributed by atoms with van der Waals surface area (Å²) in [7, 11) is 3.24. The van der Waals surface area contributed by atoms with Gasteiger partial charge in [0.25, 0.3) is 5.91 Å². The van der Waals surface area contributed by atoms with E-state index in [2.05, 4.69) is 24.5 Å². The number of benzene rings is 2. The van der Waals surface area contributed by atoms with E-state index in [1.54, 1.807) is 14.2 Å². The molecule has 0 aromatic heterocycles. The van der Waals surface area contributed by atoms with E-state index in [9.17, 15) is 9.59 Å². The monoisotopic (exact) mass is 539 g/mol. The topological polar surface area (TPSA) is 89.1 Å². The minimum Gasteiger partial charge on any atom is -0.493 e. The summed E-state index contributed by atoms with van der Waals surface area (Å²) >= 11 is 0. The molecule has 3 rings (SSSR count). The molecule has 1 aliphatic heterocycles. The average molecular weight is 540 g/mol. The van der Waals surface area contributed by atoms with Crippen LogP contribution in [-0.4, -0.2) is 82.8 Å². The second-order valence-corrected chi connectivity index (χ2v) is 10.5. The van der Waals surface area contributed by atoms with Crippen molar-refractivity contribution in [2.45, 2.75) is 39.3 Å².